The number of nitrogens with zero attached hydrogens (tertiary/aromatic N) is 2. The molecule has 2 amide bonds. The molecule has 1 atom stereocenters. The minimum Gasteiger partial charge on any atom is -0.355 e. The monoisotopic (exact) mass is 527 g/mol. The van der Waals surface area contributed by atoms with Crippen molar-refractivity contribution < 1.29 is 18.0 Å². The van der Waals surface area contributed by atoms with E-state index in [1.54, 1.807) is 24.3 Å². The van der Waals surface area contributed by atoms with Crippen molar-refractivity contribution in [3.05, 3.63) is 101 Å². The van der Waals surface area contributed by atoms with E-state index in [2.05, 4.69) is 5.32 Å². The number of amides is 2. The summed E-state index contributed by atoms with van der Waals surface area (Å²) in [6.07, 6.45) is 1.30. The minimum atomic E-state index is -3.86. The SMILES string of the molecule is CCNC(=O)C(Cc1ccccc1)N(Cc1ccccc1)C(=O)CN(c1ccccc1Cl)S(C)(=O)=O. The molecule has 190 valence electrons. The molecule has 0 aliphatic carbocycles. The van der Waals surface area contributed by atoms with Crippen molar-refractivity contribution in [2.45, 2.75) is 25.9 Å². The Hall–Kier alpha value is -3.36. The molecule has 3 aromatic carbocycles. The third-order valence-electron chi connectivity index (χ3n) is 5.62. The van der Waals surface area contributed by atoms with Crippen LogP contribution < -0.4 is 9.62 Å². The summed E-state index contributed by atoms with van der Waals surface area (Å²) in [6.45, 7) is 1.84. The fraction of sp³-hybridized carbons (Fsp3) is 0.259. The van der Waals surface area contributed by atoms with Crippen LogP contribution in [0.15, 0.2) is 84.9 Å². The van der Waals surface area contributed by atoms with Gasteiger partial charge in [0.1, 0.15) is 12.6 Å². The van der Waals surface area contributed by atoms with E-state index in [0.29, 0.717) is 6.54 Å². The van der Waals surface area contributed by atoms with Gasteiger partial charge < -0.3 is 10.2 Å². The lowest BCUT2D eigenvalue weighted by Crippen LogP contribution is -2.53. The van der Waals surface area contributed by atoms with Crippen LogP contribution in [0.1, 0.15) is 18.1 Å². The fourth-order valence-electron chi connectivity index (χ4n) is 3.87. The van der Waals surface area contributed by atoms with Crippen molar-refractivity contribution in [2.24, 2.45) is 0 Å². The molecule has 0 bridgehead atoms. The van der Waals surface area contributed by atoms with Gasteiger partial charge in [0, 0.05) is 19.5 Å². The molecule has 3 aromatic rings. The van der Waals surface area contributed by atoms with Crippen LogP contribution >= 0.6 is 11.6 Å². The van der Waals surface area contributed by atoms with Crippen LogP contribution in [0.5, 0.6) is 0 Å². The molecule has 0 aliphatic heterocycles. The smallest absolute Gasteiger partial charge is 0.244 e. The van der Waals surface area contributed by atoms with Gasteiger partial charge in [-0.3, -0.25) is 13.9 Å². The number of benzene rings is 3. The standard InChI is InChI=1S/C27H30ClN3O4S/c1-3-29-27(33)25(18-21-12-6-4-7-13-21)30(19-22-14-8-5-9-15-22)26(32)20-31(36(2,34)35)24-17-11-10-16-23(24)28/h4-17,25H,3,18-20H2,1-2H3,(H,29,33). The second-order valence-electron chi connectivity index (χ2n) is 8.33. The maximum absolute atomic E-state index is 13.8. The highest BCUT2D eigenvalue weighted by Crippen LogP contribution is 2.27. The van der Waals surface area contributed by atoms with Crippen LogP contribution in [-0.4, -0.2) is 50.5 Å². The van der Waals surface area contributed by atoms with E-state index in [1.165, 1.54) is 4.90 Å². The molecular weight excluding hydrogens is 498 g/mol. The van der Waals surface area contributed by atoms with Crippen molar-refractivity contribution in [2.75, 3.05) is 23.7 Å². The minimum absolute atomic E-state index is 0.133. The highest BCUT2D eigenvalue weighted by atomic mass is 35.5. The Morgan fingerprint density at radius 3 is 2.00 bits per heavy atom. The topological polar surface area (TPSA) is 86.8 Å². The first kappa shape index (κ1) is 27.2. The molecule has 0 heterocycles. The third kappa shape index (κ3) is 7.32. The van der Waals surface area contributed by atoms with Crippen LogP contribution in [0.3, 0.4) is 0 Å². The van der Waals surface area contributed by atoms with Gasteiger partial charge in [0.15, 0.2) is 0 Å². The molecule has 1 N–H and O–H groups in total. The highest BCUT2D eigenvalue weighted by molar-refractivity contribution is 7.92. The Morgan fingerprint density at radius 1 is 0.889 bits per heavy atom. The average Bonchev–Trinajstić information content (AvgIpc) is 2.86. The zero-order chi connectivity index (χ0) is 26.1. The molecule has 0 spiro atoms. The van der Waals surface area contributed by atoms with E-state index in [9.17, 15) is 18.0 Å². The van der Waals surface area contributed by atoms with E-state index in [4.69, 9.17) is 11.6 Å². The van der Waals surface area contributed by atoms with Gasteiger partial charge in [-0.05, 0) is 30.2 Å². The van der Waals surface area contributed by atoms with Crippen LogP contribution in [0.4, 0.5) is 5.69 Å². The molecule has 0 fully saturated rings. The number of halogens is 1. The predicted molar refractivity (Wildman–Crippen MR) is 143 cm³/mol. The molecule has 0 aliphatic rings. The van der Waals surface area contributed by atoms with Crippen LogP contribution in [-0.2, 0) is 32.6 Å². The van der Waals surface area contributed by atoms with Crippen LogP contribution in [0.2, 0.25) is 5.02 Å². The maximum atomic E-state index is 13.8. The Balaban J connectivity index is 2.03. The van der Waals surface area contributed by atoms with Gasteiger partial charge in [-0.2, -0.15) is 0 Å². The maximum Gasteiger partial charge on any atom is 0.244 e. The van der Waals surface area contributed by atoms with E-state index >= 15 is 0 Å². The third-order valence-corrected chi connectivity index (χ3v) is 7.06. The summed E-state index contributed by atoms with van der Waals surface area (Å²) in [5.41, 5.74) is 1.90. The van der Waals surface area contributed by atoms with Gasteiger partial charge >= 0.3 is 0 Å². The lowest BCUT2D eigenvalue weighted by Gasteiger charge is -2.33. The summed E-state index contributed by atoms with van der Waals surface area (Å²) in [7, 11) is -3.86. The summed E-state index contributed by atoms with van der Waals surface area (Å²) in [4.78, 5) is 28.5. The number of anilines is 1. The van der Waals surface area contributed by atoms with Gasteiger partial charge in [0.25, 0.3) is 0 Å². The second-order valence-corrected chi connectivity index (χ2v) is 10.6. The molecule has 0 radical (unpaired) electrons. The Bertz CT molecular complexity index is 1270. The Labute approximate surface area is 217 Å². The van der Waals surface area contributed by atoms with Crippen molar-refractivity contribution in [1.29, 1.82) is 0 Å². The largest absolute Gasteiger partial charge is 0.355 e. The quantitative estimate of drug-likeness (QED) is 0.410. The van der Waals surface area contributed by atoms with Gasteiger partial charge in [-0.1, -0.05) is 84.4 Å². The van der Waals surface area contributed by atoms with Crippen LogP contribution in [0, 0.1) is 0 Å². The number of carbonyl (C=O) groups excluding carboxylic acids is 2. The summed E-state index contributed by atoms with van der Waals surface area (Å²) in [6, 6.07) is 24.3. The summed E-state index contributed by atoms with van der Waals surface area (Å²) in [5, 5.41) is 3.03. The molecule has 0 aromatic heterocycles. The number of likely N-dealkylation sites (N-methyl/N-ethyl adjacent to an activating group) is 1. The molecular formula is C27H30ClN3O4S. The molecule has 1 unspecified atom stereocenters. The van der Waals surface area contributed by atoms with E-state index < -0.39 is 28.5 Å². The number of rotatable bonds is 11. The number of nitrogens with one attached hydrogen (secondary N) is 1. The lowest BCUT2D eigenvalue weighted by atomic mass is 10.0. The summed E-state index contributed by atoms with van der Waals surface area (Å²) < 4.78 is 26.4. The first-order chi connectivity index (χ1) is 17.2. The number of sulfonamides is 1. The van der Waals surface area contributed by atoms with Gasteiger partial charge in [-0.15, -0.1) is 0 Å². The molecule has 0 saturated heterocycles. The van der Waals surface area contributed by atoms with E-state index in [1.807, 2.05) is 67.6 Å². The summed E-state index contributed by atoms with van der Waals surface area (Å²) in [5.74, 6) is -0.828. The van der Waals surface area contributed by atoms with E-state index in [-0.39, 0.29) is 29.6 Å². The van der Waals surface area contributed by atoms with Gasteiger partial charge in [-0.25, -0.2) is 8.42 Å². The zero-order valence-electron chi connectivity index (χ0n) is 20.3. The molecule has 0 saturated carbocycles. The van der Waals surface area contributed by atoms with Crippen molar-refractivity contribution in [3.8, 4) is 0 Å². The lowest BCUT2D eigenvalue weighted by molar-refractivity contribution is -0.140. The molecule has 3 rings (SSSR count). The Kier molecular flexibility index (Phi) is 9.50. The Morgan fingerprint density at radius 2 is 1.44 bits per heavy atom. The first-order valence-corrected chi connectivity index (χ1v) is 13.8. The number of para-hydroxylation sites is 1. The fourth-order valence-corrected chi connectivity index (χ4v) is 5.02. The predicted octanol–water partition coefficient (Wildman–Crippen LogP) is 3.88. The van der Waals surface area contributed by atoms with Crippen molar-refractivity contribution in [3.63, 3.8) is 0 Å². The average molecular weight is 528 g/mol. The highest BCUT2D eigenvalue weighted by Gasteiger charge is 2.33. The first-order valence-electron chi connectivity index (χ1n) is 11.6. The molecule has 9 heteroatoms. The zero-order valence-corrected chi connectivity index (χ0v) is 21.9. The number of carbonyl (C=O) groups is 2. The van der Waals surface area contributed by atoms with Crippen molar-refractivity contribution in [1.82, 2.24) is 10.2 Å². The normalized spacial score (nSPS) is 12.0. The number of hydrogen-bond acceptors (Lipinski definition) is 4. The van der Waals surface area contributed by atoms with E-state index in [0.717, 1.165) is 21.7 Å². The number of hydrogen-bond donors (Lipinski definition) is 1. The second kappa shape index (κ2) is 12.6. The van der Waals surface area contributed by atoms with Crippen molar-refractivity contribution >= 4 is 39.1 Å². The van der Waals surface area contributed by atoms with Gasteiger partial charge in [0.05, 0.1) is 17.0 Å². The molecule has 7 nitrogen and oxygen atoms in total. The van der Waals surface area contributed by atoms with Gasteiger partial charge in [0.2, 0.25) is 21.8 Å². The van der Waals surface area contributed by atoms with Crippen LogP contribution in [0.25, 0.3) is 0 Å². The summed E-state index contributed by atoms with van der Waals surface area (Å²) >= 11 is 6.28. The molecule has 36 heavy (non-hydrogen) atoms.